The molecule has 1 fully saturated rings. The number of carbonyl (C=O) groups is 2. The van der Waals surface area contributed by atoms with Gasteiger partial charge in [0.2, 0.25) is 11.8 Å². The molecule has 1 saturated heterocycles. The highest BCUT2D eigenvalue weighted by atomic mass is 35.5. The van der Waals surface area contributed by atoms with E-state index in [0.29, 0.717) is 18.0 Å². The number of carbonyl (C=O) groups excluding carboxylic acids is 2. The predicted molar refractivity (Wildman–Crippen MR) is 78.6 cm³/mol. The van der Waals surface area contributed by atoms with Gasteiger partial charge in [0.05, 0.1) is 6.42 Å². The second-order valence-electron chi connectivity index (χ2n) is 5.28. The van der Waals surface area contributed by atoms with Crippen molar-refractivity contribution in [3.8, 4) is 0 Å². The largest absolute Gasteiger partial charge is 0.347 e. The minimum absolute atomic E-state index is 0.00465. The van der Waals surface area contributed by atoms with Crippen molar-refractivity contribution in [1.82, 2.24) is 9.80 Å². The van der Waals surface area contributed by atoms with Crippen molar-refractivity contribution in [3.05, 3.63) is 34.9 Å². The molecule has 1 unspecified atom stereocenters. The molecule has 2 amide bonds. The van der Waals surface area contributed by atoms with E-state index in [-0.39, 0.29) is 17.9 Å². The summed E-state index contributed by atoms with van der Waals surface area (Å²) < 4.78 is 0. The molecular weight excluding hydrogens is 276 g/mol. The van der Waals surface area contributed by atoms with Crippen LogP contribution in [-0.4, -0.2) is 48.3 Å². The van der Waals surface area contributed by atoms with Crippen LogP contribution in [-0.2, 0) is 16.0 Å². The molecule has 2 rings (SSSR count). The highest BCUT2D eigenvalue weighted by Gasteiger charge is 2.34. The van der Waals surface area contributed by atoms with Gasteiger partial charge in [-0.25, -0.2) is 0 Å². The molecular formula is C15H19ClN2O2. The monoisotopic (exact) mass is 294 g/mol. The summed E-state index contributed by atoms with van der Waals surface area (Å²) in [5.41, 5.74) is 0.919. The van der Waals surface area contributed by atoms with Crippen molar-refractivity contribution in [3.63, 3.8) is 0 Å². The zero-order valence-electron chi connectivity index (χ0n) is 11.8. The fourth-order valence-electron chi connectivity index (χ4n) is 2.50. The van der Waals surface area contributed by atoms with Gasteiger partial charge in [-0.1, -0.05) is 23.7 Å². The summed E-state index contributed by atoms with van der Waals surface area (Å²) in [5, 5.41) is 0.656. The van der Waals surface area contributed by atoms with E-state index in [0.717, 1.165) is 18.4 Å². The second-order valence-corrected chi connectivity index (χ2v) is 5.72. The molecule has 0 spiro atoms. The topological polar surface area (TPSA) is 40.6 Å². The van der Waals surface area contributed by atoms with E-state index >= 15 is 0 Å². The van der Waals surface area contributed by atoms with Crippen LogP contribution < -0.4 is 0 Å². The molecule has 108 valence electrons. The number of halogens is 1. The van der Waals surface area contributed by atoms with Crippen LogP contribution in [0.3, 0.4) is 0 Å². The first kappa shape index (κ1) is 14.9. The van der Waals surface area contributed by atoms with E-state index in [1.165, 1.54) is 0 Å². The Labute approximate surface area is 124 Å². The molecule has 1 aliphatic heterocycles. The summed E-state index contributed by atoms with van der Waals surface area (Å²) in [7, 11) is 3.45. The van der Waals surface area contributed by atoms with Crippen molar-refractivity contribution in [2.75, 3.05) is 20.6 Å². The lowest BCUT2D eigenvalue weighted by Crippen LogP contribution is -2.45. The van der Waals surface area contributed by atoms with E-state index in [2.05, 4.69) is 0 Å². The summed E-state index contributed by atoms with van der Waals surface area (Å²) in [6.07, 6.45) is 1.95. The van der Waals surface area contributed by atoms with Crippen LogP contribution in [0.4, 0.5) is 0 Å². The normalized spacial score (nSPS) is 18.1. The Balaban J connectivity index is 2.04. The van der Waals surface area contributed by atoms with E-state index in [4.69, 9.17) is 11.6 Å². The molecule has 4 nitrogen and oxygen atoms in total. The number of rotatable bonds is 3. The van der Waals surface area contributed by atoms with Crippen LogP contribution in [0.25, 0.3) is 0 Å². The minimum atomic E-state index is -0.301. The van der Waals surface area contributed by atoms with Crippen molar-refractivity contribution in [1.29, 1.82) is 0 Å². The number of likely N-dealkylation sites (tertiary alicyclic amines) is 1. The fraction of sp³-hybridized carbons (Fsp3) is 0.467. The van der Waals surface area contributed by atoms with Crippen molar-refractivity contribution in [2.45, 2.75) is 25.3 Å². The van der Waals surface area contributed by atoms with Crippen molar-refractivity contribution in [2.24, 2.45) is 0 Å². The second kappa shape index (κ2) is 6.27. The summed E-state index contributed by atoms with van der Waals surface area (Å²) in [4.78, 5) is 27.7. The van der Waals surface area contributed by atoms with Gasteiger partial charge in [-0.15, -0.1) is 0 Å². The maximum absolute atomic E-state index is 12.4. The zero-order chi connectivity index (χ0) is 14.7. The molecule has 0 saturated carbocycles. The number of likely N-dealkylation sites (N-methyl/N-ethyl adjacent to an activating group) is 1. The van der Waals surface area contributed by atoms with Crippen LogP contribution in [0.2, 0.25) is 5.02 Å². The van der Waals surface area contributed by atoms with Gasteiger partial charge in [0.25, 0.3) is 0 Å². The highest BCUT2D eigenvalue weighted by Crippen LogP contribution is 2.20. The smallest absolute Gasteiger partial charge is 0.244 e. The van der Waals surface area contributed by atoms with Crippen molar-refractivity contribution >= 4 is 23.4 Å². The first-order chi connectivity index (χ1) is 9.49. The van der Waals surface area contributed by atoms with Gasteiger partial charge in [-0.2, -0.15) is 0 Å². The third-order valence-corrected chi connectivity index (χ3v) is 3.82. The van der Waals surface area contributed by atoms with E-state index in [9.17, 15) is 9.59 Å². The van der Waals surface area contributed by atoms with Gasteiger partial charge in [-0.05, 0) is 30.5 Å². The van der Waals surface area contributed by atoms with Crippen molar-refractivity contribution < 1.29 is 9.59 Å². The number of nitrogens with zero attached hydrogens (tertiary/aromatic N) is 2. The SMILES string of the molecule is CN(C)C(=O)C1CCCN1C(=O)Cc1ccc(Cl)cc1. The molecule has 5 heteroatoms. The maximum Gasteiger partial charge on any atom is 0.244 e. The lowest BCUT2D eigenvalue weighted by Gasteiger charge is -2.26. The number of amides is 2. The Morgan fingerprint density at radius 3 is 2.55 bits per heavy atom. The summed E-state index contributed by atoms with van der Waals surface area (Å²) in [6, 6.07) is 6.94. The predicted octanol–water partition coefficient (Wildman–Crippen LogP) is 1.96. The minimum Gasteiger partial charge on any atom is -0.347 e. The molecule has 1 atom stereocenters. The molecule has 1 aliphatic rings. The average molecular weight is 295 g/mol. The van der Waals surface area contributed by atoms with Crippen LogP contribution in [0.5, 0.6) is 0 Å². The first-order valence-corrected chi connectivity index (χ1v) is 7.12. The molecule has 0 N–H and O–H groups in total. The van der Waals surface area contributed by atoms with E-state index < -0.39 is 0 Å². The van der Waals surface area contributed by atoms with Gasteiger partial charge in [-0.3, -0.25) is 9.59 Å². The Kier molecular flexibility index (Phi) is 4.65. The number of hydrogen-bond donors (Lipinski definition) is 0. The Bertz CT molecular complexity index is 499. The van der Waals surface area contributed by atoms with E-state index in [1.807, 2.05) is 12.1 Å². The maximum atomic E-state index is 12.4. The molecule has 1 aromatic carbocycles. The van der Waals surface area contributed by atoms with Gasteiger partial charge >= 0.3 is 0 Å². The summed E-state index contributed by atoms with van der Waals surface area (Å²) >= 11 is 5.83. The molecule has 0 aliphatic carbocycles. The zero-order valence-corrected chi connectivity index (χ0v) is 12.6. The quantitative estimate of drug-likeness (QED) is 0.855. The molecule has 1 heterocycles. The van der Waals surface area contributed by atoms with E-state index in [1.54, 1.807) is 36.0 Å². The first-order valence-electron chi connectivity index (χ1n) is 6.74. The fourth-order valence-corrected chi connectivity index (χ4v) is 2.62. The number of benzene rings is 1. The standard InChI is InChI=1S/C15H19ClN2O2/c1-17(2)15(20)13-4-3-9-18(13)14(19)10-11-5-7-12(16)8-6-11/h5-8,13H,3-4,9-10H2,1-2H3. The molecule has 20 heavy (non-hydrogen) atoms. The summed E-state index contributed by atoms with van der Waals surface area (Å²) in [5.74, 6) is 0.0111. The Morgan fingerprint density at radius 2 is 1.95 bits per heavy atom. The lowest BCUT2D eigenvalue weighted by atomic mass is 10.1. The Hall–Kier alpha value is -1.55. The highest BCUT2D eigenvalue weighted by molar-refractivity contribution is 6.30. The van der Waals surface area contributed by atoms with Gasteiger partial charge in [0.15, 0.2) is 0 Å². The van der Waals surface area contributed by atoms with Crippen LogP contribution in [0.15, 0.2) is 24.3 Å². The average Bonchev–Trinajstić information content (AvgIpc) is 2.89. The van der Waals surface area contributed by atoms with Gasteiger partial charge < -0.3 is 9.80 Å². The molecule has 1 aromatic rings. The van der Waals surface area contributed by atoms with Crippen LogP contribution >= 0.6 is 11.6 Å². The number of hydrogen-bond acceptors (Lipinski definition) is 2. The molecule has 0 radical (unpaired) electrons. The molecule has 0 bridgehead atoms. The third kappa shape index (κ3) is 3.31. The summed E-state index contributed by atoms with van der Waals surface area (Å²) in [6.45, 7) is 0.663. The van der Waals surface area contributed by atoms with Crippen LogP contribution in [0, 0.1) is 0 Å². The van der Waals surface area contributed by atoms with Crippen LogP contribution in [0.1, 0.15) is 18.4 Å². The molecule has 0 aromatic heterocycles. The third-order valence-electron chi connectivity index (χ3n) is 3.57. The lowest BCUT2D eigenvalue weighted by molar-refractivity contribution is -0.141. The Morgan fingerprint density at radius 1 is 1.30 bits per heavy atom. The van der Waals surface area contributed by atoms with Gasteiger partial charge in [0.1, 0.15) is 6.04 Å². The van der Waals surface area contributed by atoms with Gasteiger partial charge in [0, 0.05) is 25.7 Å².